The van der Waals surface area contributed by atoms with Crippen LogP contribution in [0.1, 0.15) is 6.42 Å². The summed E-state index contributed by atoms with van der Waals surface area (Å²) in [6.45, 7) is 0. The fourth-order valence-corrected chi connectivity index (χ4v) is 1.13. The van der Waals surface area contributed by atoms with E-state index in [0.29, 0.717) is 11.1 Å². The number of hydrogen-bond acceptors (Lipinski definition) is 3. The molecule has 0 aromatic heterocycles. The minimum absolute atomic E-state index is 0.217. The topological polar surface area (TPSA) is 89.4 Å². The van der Waals surface area contributed by atoms with Crippen LogP contribution in [-0.4, -0.2) is 23.8 Å². The van der Waals surface area contributed by atoms with Crippen molar-refractivity contribution in [2.45, 2.75) is 6.42 Å². The molecule has 70 valence electrons. The number of amides is 2. The summed E-state index contributed by atoms with van der Waals surface area (Å²) < 4.78 is 0. The molecule has 1 aliphatic rings. The Hall–Kier alpha value is -1.78. The van der Waals surface area contributed by atoms with Crippen molar-refractivity contribution in [1.82, 2.24) is 4.90 Å². The second kappa shape index (κ2) is 3.30. The van der Waals surface area contributed by atoms with Crippen LogP contribution in [0.4, 0.5) is 0 Å². The van der Waals surface area contributed by atoms with Gasteiger partial charge in [-0.25, -0.2) is 0 Å². The van der Waals surface area contributed by atoms with Gasteiger partial charge < -0.3 is 16.4 Å². The van der Waals surface area contributed by atoms with Gasteiger partial charge in [-0.2, -0.15) is 0 Å². The van der Waals surface area contributed by atoms with Crippen LogP contribution in [0.5, 0.6) is 0 Å². The van der Waals surface area contributed by atoms with Crippen LogP contribution < -0.4 is 11.5 Å². The Morgan fingerprint density at radius 2 is 1.62 bits per heavy atom. The summed E-state index contributed by atoms with van der Waals surface area (Å²) in [5, 5.41) is 0. The number of carbonyl (C=O) groups excluding carboxylic acids is 2. The summed E-state index contributed by atoms with van der Waals surface area (Å²) in [6.07, 6.45) is 3.37. The maximum atomic E-state index is 10.8. The fraction of sp³-hybridized carbons (Fsp3) is 0.250. The van der Waals surface area contributed by atoms with E-state index in [1.54, 1.807) is 24.3 Å². The largest absolute Gasteiger partial charge is 0.366 e. The molecule has 0 radical (unpaired) electrons. The predicted molar refractivity (Wildman–Crippen MR) is 46.9 cm³/mol. The molecule has 0 saturated heterocycles. The Labute approximate surface area is 75.7 Å². The molecule has 1 rings (SSSR count). The molecule has 0 atom stereocenters. The number of carbonyl (C=O) groups is 2. The fourth-order valence-electron chi connectivity index (χ4n) is 1.13. The van der Waals surface area contributed by atoms with Gasteiger partial charge in [0.2, 0.25) is 11.8 Å². The monoisotopic (exact) mass is 181 g/mol. The van der Waals surface area contributed by atoms with Gasteiger partial charge in [0.25, 0.3) is 0 Å². The van der Waals surface area contributed by atoms with Crippen LogP contribution >= 0.6 is 0 Å². The number of primary amides is 2. The Kier molecular flexibility index (Phi) is 2.36. The van der Waals surface area contributed by atoms with Gasteiger partial charge in [0.1, 0.15) is 0 Å². The third-order valence-corrected chi connectivity index (χ3v) is 1.73. The standard InChI is InChI=1S/C8H11N3O2/c1-11-3-5(7(9)12)2-6(4-11)8(10)13/h3-4H,2H2,1H3,(H2,9,12)(H2,10,13). The molecular formula is C8H11N3O2. The molecule has 4 N–H and O–H groups in total. The van der Waals surface area contributed by atoms with Gasteiger partial charge in [-0.1, -0.05) is 0 Å². The van der Waals surface area contributed by atoms with Crippen LogP contribution in [0.3, 0.4) is 0 Å². The lowest BCUT2D eigenvalue weighted by Crippen LogP contribution is -2.25. The van der Waals surface area contributed by atoms with Crippen molar-refractivity contribution in [2.24, 2.45) is 11.5 Å². The van der Waals surface area contributed by atoms with Crippen molar-refractivity contribution in [3.8, 4) is 0 Å². The van der Waals surface area contributed by atoms with Crippen molar-refractivity contribution >= 4 is 11.8 Å². The second-order valence-electron chi connectivity index (χ2n) is 2.88. The van der Waals surface area contributed by atoms with E-state index < -0.39 is 11.8 Å². The summed E-state index contributed by atoms with van der Waals surface area (Å²) in [7, 11) is 1.70. The predicted octanol–water partition coefficient (Wildman–Crippen LogP) is -0.940. The zero-order chi connectivity index (χ0) is 10.0. The van der Waals surface area contributed by atoms with E-state index in [4.69, 9.17) is 11.5 Å². The van der Waals surface area contributed by atoms with Gasteiger partial charge in [0, 0.05) is 37.0 Å². The summed E-state index contributed by atoms with van der Waals surface area (Å²) in [4.78, 5) is 23.2. The van der Waals surface area contributed by atoms with Crippen LogP contribution in [0.25, 0.3) is 0 Å². The molecule has 0 bridgehead atoms. The number of nitrogens with two attached hydrogens (primary N) is 2. The molecule has 13 heavy (non-hydrogen) atoms. The highest BCUT2D eigenvalue weighted by Gasteiger charge is 2.17. The van der Waals surface area contributed by atoms with Crippen LogP contribution in [0, 0.1) is 0 Å². The van der Waals surface area contributed by atoms with Crippen molar-refractivity contribution in [3.63, 3.8) is 0 Å². The summed E-state index contributed by atoms with van der Waals surface area (Å²) in [6, 6.07) is 0. The molecule has 1 aliphatic heterocycles. The quantitative estimate of drug-likeness (QED) is 0.576. The first-order valence-electron chi connectivity index (χ1n) is 3.73. The molecule has 0 aromatic carbocycles. The first-order chi connectivity index (χ1) is 6.00. The Morgan fingerprint density at radius 1 is 1.23 bits per heavy atom. The van der Waals surface area contributed by atoms with E-state index in [-0.39, 0.29) is 6.42 Å². The van der Waals surface area contributed by atoms with E-state index in [1.807, 2.05) is 0 Å². The Bertz CT molecular complexity index is 287. The smallest absolute Gasteiger partial charge is 0.246 e. The lowest BCUT2D eigenvalue weighted by Gasteiger charge is -2.18. The van der Waals surface area contributed by atoms with E-state index in [9.17, 15) is 9.59 Å². The third-order valence-electron chi connectivity index (χ3n) is 1.73. The van der Waals surface area contributed by atoms with E-state index in [0.717, 1.165) is 0 Å². The third kappa shape index (κ3) is 2.08. The van der Waals surface area contributed by atoms with Crippen molar-refractivity contribution in [3.05, 3.63) is 23.5 Å². The second-order valence-corrected chi connectivity index (χ2v) is 2.88. The highest BCUT2D eigenvalue weighted by molar-refractivity contribution is 5.98. The highest BCUT2D eigenvalue weighted by atomic mass is 16.1. The highest BCUT2D eigenvalue weighted by Crippen LogP contribution is 2.16. The zero-order valence-electron chi connectivity index (χ0n) is 7.28. The van der Waals surface area contributed by atoms with Crippen molar-refractivity contribution < 1.29 is 9.59 Å². The maximum absolute atomic E-state index is 10.8. The van der Waals surface area contributed by atoms with Crippen LogP contribution in [0.15, 0.2) is 23.5 Å². The van der Waals surface area contributed by atoms with E-state index >= 15 is 0 Å². The molecular weight excluding hydrogens is 170 g/mol. The molecule has 0 saturated carbocycles. The summed E-state index contributed by atoms with van der Waals surface area (Å²) in [5.74, 6) is -1.06. The molecule has 0 fully saturated rings. The summed E-state index contributed by atoms with van der Waals surface area (Å²) >= 11 is 0. The number of nitrogens with zero attached hydrogens (tertiary/aromatic N) is 1. The van der Waals surface area contributed by atoms with Gasteiger partial charge in [-0.15, -0.1) is 0 Å². The first kappa shape index (κ1) is 9.31. The molecule has 0 aliphatic carbocycles. The average molecular weight is 181 g/mol. The minimum Gasteiger partial charge on any atom is -0.366 e. The van der Waals surface area contributed by atoms with E-state index in [1.165, 1.54) is 0 Å². The average Bonchev–Trinajstić information content (AvgIpc) is 2.03. The van der Waals surface area contributed by atoms with Crippen molar-refractivity contribution in [2.75, 3.05) is 7.05 Å². The SMILES string of the molecule is CN1C=C(C(N)=O)CC(C(N)=O)=C1. The molecule has 0 spiro atoms. The zero-order valence-corrected chi connectivity index (χ0v) is 7.28. The maximum Gasteiger partial charge on any atom is 0.246 e. The number of hydrogen-bond donors (Lipinski definition) is 2. The van der Waals surface area contributed by atoms with Gasteiger partial charge in [-0.3, -0.25) is 9.59 Å². The molecule has 5 nitrogen and oxygen atoms in total. The lowest BCUT2D eigenvalue weighted by atomic mass is 10.0. The van der Waals surface area contributed by atoms with Gasteiger partial charge in [0.15, 0.2) is 0 Å². The minimum atomic E-state index is -0.529. The molecule has 5 heteroatoms. The van der Waals surface area contributed by atoms with Gasteiger partial charge in [-0.05, 0) is 0 Å². The Morgan fingerprint density at radius 3 is 1.92 bits per heavy atom. The molecule has 2 amide bonds. The summed E-state index contributed by atoms with van der Waals surface area (Å²) in [5.41, 5.74) is 10.9. The Balaban J connectivity index is 2.88. The van der Waals surface area contributed by atoms with E-state index in [2.05, 4.69) is 0 Å². The van der Waals surface area contributed by atoms with Gasteiger partial charge >= 0.3 is 0 Å². The van der Waals surface area contributed by atoms with Gasteiger partial charge in [0.05, 0.1) is 0 Å². The van der Waals surface area contributed by atoms with Crippen LogP contribution in [-0.2, 0) is 9.59 Å². The molecule has 0 unspecified atom stereocenters. The molecule has 1 heterocycles. The number of rotatable bonds is 2. The molecule has 0 aromatic rings. The normalized spacial score (nSPS) is 16.2. The van der Waals surface area contributed by atoms with Crippen molar-refractivity contribution in [1.29, 1.82) is 0 Å². The first-order valence-corrected chi connectivity index (χ1v) is 3.73. The lowest BCUT2D eigenvalue weighted by molar-refractivity contribution is -0.115. The van der Waals surface area contributed by atoms with Crippen LogP contribution in [0.2, 0.25) is 0 Å².